The second-order valence-electron chi connectivity index (χ2n) is 4.06. The molecule has 0 bridgehead atoms. The van der Waals surface area contributed by atoms with Crippen molar-refractivity contribution in [2.75, 3.05) is 5.73 Å². The van der Waals surface area contributed by atoms with Crippen LogP contribution < -0.4 is 5.73 Å². The Morgan fingerprint density at radius 2 is 2.28 bits per heavy atom. The van der Waals surface area contributed by atoms with Crippen LogP contribution in [0.1, 0.15) is 18.9 Å². The molecular formula is C12H11ClN4O. The van der Waals surface area contributed by atoms with Crippen molar-refractivity contribution in [3.8, 4) is 0 Å². The molecule has 5 nitrogen and oxygen atoms in total. The van der Waals surface area contributed by atoms with Gasteiger partial charge in [0.05, 0.1) is 10.7 Å². The number of oxazole rings is 1. The van der Waals surface area contributed by atoms with Gasteiger partial charge in [-0.25, -0.2) is 4.98 Å². The van der Waals surface area contributed by atoms with Crippen LogP contribution in [0.4, 0.5) is 5.69 Å². The maximum atomic E-state index is 5.95. The van der Waals surface area contributed by atoms with Crippen LogP contribution >= 0.6 is 11.6 Å². The van der Waals surface area contributed by atoms with E-state index < -0.39 is 0 Å². The highest BCUT2D eigenvalue weighted by atomic mass is 35.5. The number of nitrogens with zero attached hydrogens (tertiary/aromatic N) is 3. The van der Waals surface area contributed by atoms with E-state index in [2.05, 4.69) is 10.1 Å². The topological polar surface area (TPSA) is 69.9 Å². The molecule has 0 aliphatic rings. The average molecular weight is 263 g/mol. The molecule has 0 radical (unpaired) electrons. The largest absolute Gasteiger partial charge is 0.438 e. The Morgan fingerprint density at radius 3 is 3.00 bits per heavy atom. The van der Waals surface area contributed by atoms with Gasteiger partial charge in [0.1, 0.15) is 11.6 Å². The highest BCUT2D eigenvalue weighted by Gasteiger charge is 2.16. The standard InChI is InChI=1S/C12H11ClN4O/c1-7(17-4-2-3-15-17)12-16-10-5-8(13)9(14)6-11(10)18-12/h2-7H,14H2,1H3. The maximum Gasteiger partial charge on any atom is 0.220 e. The zero-order valence-electron chi connectivity index (χ0n) is 9.67. The molecule has 3 rings (SSSR count). The van der Waals surface area contributed by atoms with Gasteiger partial charge in [-0.05, 0) is 19.1 Å². The fourth-order valence-electron chi connectivity index (χ4n) is 1.78. The van der Waals surface area contributed by atoms with E-state index in [1.807, 2.05) is 19.2 Å². The minimum absolute atomic E-state index is 0.0765. The lowest BCUT2D eigenvalue weighted by Gasteiger charge is -2.06. The molecule has 92 valence electrons. The molecule has 0 amide bonds. The van der Waals surface area contributed by atoms with Crippen molar-refractivity contribution < 1.29 is 4.42 Å². The Morgan fingerprint density at radius 1 is 1.44 bits per heavy atom. The Hall–Kier alpha value is -2.01. The number of hydrogen-bond acceptors (Lipinski definition) is 4. The van der Waals surface area contributed by atoms with E-state index in [0.29, 0.717) is 27.7 Å². The minimum Gasteiger partial charge on any atom is -0.438 e. The second-order valence-corrected chi connectivity index (χ2v) is 4.46. The molecule has 0 spiro atoms. The zero-order chi connectivity index (χ0) is 12.7. The number of benzene rings is 1. The number of nitrogen functional groups attached to an aromatic ring is 1. The molecular weight excluding hydrogens is 252 g/mol. The number of hydrogen-bond donors (Lipinski definition) is 1. The van der Waals surface area contributed by atoms with Crippen molar-refractivity contribution in [2.45, 2.75) is 13.0 Å². The van der Waals surface area contributed by atoms with Crippen molar-refractivity contribution in [1.29, 1.82) is 0 Å². The molecule has 0 saturated heterocycles. The number of halogens is 1. The van der Waals surface area contributed by atoms with Crippen LogP contribution in [0.15, 0.2) is 35.0 Å². The van der Waals surface area contributed by atoms with Crippen LogP contribution in [-0.4, -0.2) is 14.8 Å². The van der Waals surface area contributed by atoms with Gasteiger partial charge in [0.15, 0.2) is 5.58 Å². The van der Waals surface area contributed by atoms with Crippen LogP contribution in [0.25, 0.3) is 11.1 Å². The van der Waals surface area contributed by atoms with Crippen molar-refractivity contribution in [2.24, 2.45) is 0 Å². The van der Waals surface area contributed by atoms with Gasteiger partial charge in [0.25, 0.3) is 0 Å². The molecule has 2 N–H and O–H groups in total. The van der Waals surface area contributed by atoms with Gasteiger partial charge in [-0.3, -0.25) is 4.68 Å². The number of anilines is 1. The van der Waals surface area contributed by atoms with Gasteiger partial charge in [0, 0.05) is 18.5 Å². The molecule has 0 aliphatic carbocycles. The summed E-state index contributed by atoms with van der Waals surface area (Å²) in [6.45, 7) is 1.96. The molecule has 18 heavy (non-hydrogen) atoms. The lowest BCUT2D eigenvalue weighted by Crippen LogP contribution is -2.07. The number of aromatic nitrogens is 3. The fraction of sp³-hybridized carbons (Fsp3) is 0.167. The van der Waals surface area contributed by atoms with Crippen molar-refractivity contribution in [3.05, 3.63) is 41.5 Å². The summed E-state index contributed by atoms with van der Waals surface area (Å²) in [6, 6.07) is 5.17. The van der Waals surface area contributed by atoms with Gasteiger partial charge in [0.2, 0.25) is 5.89 Å². The number of nitrogens with two attached hydrogens (primary N) is 1. The average Bonchev–Trinajstić information content (AvgIpc) is 2.97. The van der Waals surface area contributed by atoms with E-state index in [0.717, 1.165) is 0 Å². The van der Waals surface area contributed by atoms with E-state index >= 15 is 0 Å². The maximum absolute atomic E-state index is 5.95. The van der Waals surface area contributed by atoms with Gasteiger partial charge >= 0.3 is 0 Å². The molecule has 3 aromatic rings. The first-order valence-corrected chi connectivity index (χ1v) is 5.87. The molecule has 2 heterocycles. The molecule has 1 unspecified atom stereocenters. The Bertz CT molecular complexity index is 650. The quantitative estimate of drug-likeness (QED) is 0.721. The van der Waals surface area contributed by atoms with E-state index in [9.17, 15) is 0 Å². The summed E-state index contributed by atoms with van der Waals surface area (Å²) in [5.41, 5.74) is 7.54. The van der Waals surface area contributed by atoms with Crippen molar-refractivity contribution in [1.82, 2.24) is 14.8 Å². The normalized spacial score (nSPS) is 13.0. The van der Waals surface area contributed by atoms with Gasteiger partial charge < -0.3 is 10.2 Å². The van der Waals surface area contributed by atoms with Crippen LogP contribution in [0, 0.1) is 0 Å². The van der Waals surface area contributed by atoms with E-state index in [1.54, 1.807) is 23.0 Å². The lowest BCUT2D eigenvalue weighted by atomic mass is 10.3. The SMILES string of the molecule is CC(c1nc2cc(Cl)c(N)cc2o1)n1cccn1. The first kappa shape index (κ1) is 11.1. The molecule has 0 saturated carbocycles. The summed E-state index contributed by atoms with van der Waals surface area (Å²) in [6.07, 6.45) is 3.58. The van der Waals surface area contributed by atoms with E-state index in [4.69, 9.17) is 21.8 Å². The predicted octanol–water partition coefficient (Wildman–Crippen LogP) is 2.87. The highest BCUT2D eigenvalue weighted by molar-refractivity contribution is 6.33. The lowest BCUT2D eigenvalue weighted by molar-refractivity contribution is 0.428. The third kappa shape index (κ3) is 1.73. The van der Waals surface area contributed by atoms with E-state index in [1.165, 1.54) is 0 Å². The van der Waals surface area contributed by atoms with Crippen LogP contribution in [0.3, 0.4) is 0 Å². The van der Waals surface area contributed by atoms with Crippen LogP contribution in [0.2, 0.25) is 5.02 Å². The Balaban J connectivity index is 2.08. The van der Waals surface area contributed by atoms with Crippen molar-refractivity contribution >= 4 is 28.4 Å². The highest BCUT2D eigenvalue weighted by Crippen LogP contribution is 2.28. The van der Waals surface area contributed by atoms with E-state index in [-0.39, 0.29) is 6.04 Å². The zero-order valence-corrected chi connectivity index (χ0v) is 10.4. The molecule has 0 fully saturated rings. The van der Waals surface area contributed by atoms with Crippen LogP contribution in [-0.2, 0) is 0 Å². The summed E-state index contributed by atoms with van der Waals surface area (Å²) in [5, 5.41) is 4.64. The van der Waals surface area contributed by atoms with Gasteiger partial charge in [-0.15, -0.1) is 0 Å². The molecule has 6 heteroatoms. The van der Waals surface area contributed by atoms with Gasteiger partial charge in [-0.1, -0.05) is 11.6 Å². The summed E-state index contributed by atoms with van der Waals surface area (Å²) in [7, 11) is 0. The number of fused-ring (bicyclic) bond motifs is 1. The molecule has 2 aromatic heterocycles. The minimum atomic E-state index is -0.0765. The summed E-state index contributed by atoms with van der Waals surface area (Å²) >= 11 is 5.95. The third-order valence-electron chi connectivity index (χ3n) is 2.80. The summed E-state index contributed by atoms with van der Waals surface area (Å²) < 4.78 is 7.45. The fourth-order valence-corrected chi connectivity index (χ4v) is 1.94. The Kier molecular flexibility index (Phi) is 2.48. The predicted molar refractivity (Wildman–Crippen MR) is 69.5 cm³/mol. The molecule has 1 aromatic carbocycles. The van der Waals surface area contributed by atoms with Crippen molar-refractivity contribution in [3.63, 3.8) is 0 Å². The smallest absolute Gasteiger partial charge is 0.220 e. The summed E-state index contributed by atoms with van der Waals surface area (Å²) in [5.74, 6) is 0.579. The van der Waals surface area contributed by atoms with Gasteiger partial charge in [-0.2, -0.15) is 5.10 Å². The number of rotatable bonds is 2. The molecule has 1 atom stereocenters. The summed E-state index contributed by atoms with van der Waals surface area (Å²) in [4.78, 5) is 4.40. The monoisotopic (exact) mass is 262 g/mol. The second kappa shape index (κ2) is 4.03. The molecule has 0 aliphatic heterocycles. The Labute approximate surface area is 108 Å². The first-order chi connectivity index (χ1) is 8.65. The third-order valence-corrected chi connectivity index (χ3v) is 3.13. The van der Waals surface area contributed by atoms with Crippen LogP contribution in [0.5, 0.6) is 0 Å². The first-order valence-electron chi connectivity index (χ1n) is 5.50.